The molecule has 6 heteroatoms. The third-order valence-corrected chi connectivity index (χ3v) is 5.27. The fraction of sp³-hybridized carbons (Fsp3) is 0.143. The second-order valence-corrected chi connectivity index (χ2v) is 7.22. The molecule has 0 radical (unpaired) electrons. The lowest BCUT2D eigenvalue weighted by Crippen LogP contribution is -1.96. The molecule has 0 unspecified atom stereocenters. The van der Waals surface area contributed by atoms with Crippen LogP contribution in [-0.4, -0.2) is 20.3 Å². The summed E-state index contributed by atoms with van der Waals surface area (Å²) >= 11 is 1.56. The van der Waals surface area contributed by atoms with E-state index in [0.29, 0.717) is 17.9 Å². The van der Waals surface area contributed by atoms with Crippen LogP contribution in [0.25, 0.3) is 21.8 Å². The quantitative estimate of drug-likeness (QED) is 0.507. The van der Waals surface area contributed by atoms with Crippen LogP contribution in [0.4, 0.5) is 0 Å². The van der Waals surface area contributed by atoms with E-state index in [4.69, 9.17) is 4.74 Å². The molecule has 0 saturated carbocycles. The largest absolute Gasteiger partial charge is 0.507 e. The number of aromatic hydroxyl groups is 1. The van der Waals surface area contributed by atoms with Gasteiger partial charge in [-0.1, -0.05) is 30.3 Å². The molecule has 136 valence electrons. The van der Waals surface area contributed by atoms with E-state index in [-0.39, 0.29) is 5.75 Å². The highest BCUT2D eigenvalue weighted by molar-refractivity contribution is 7.13. The van der Waals surface area contributed by atoms with Crippen molar-refractivity contribution in [1.29, 1.82) is 0 Å². The number of aromatic nitrogens is 3. The van der Waals surface area contributed by atoms with Gasteiger partial charge in [0.25, 0.3) is 0 Å². The maximum Gasteiger partial charge on any atom is 0.128 e. The van der Waals surface area contributed by atoms with E-state index in [0.717, 1.165) is 33.1 Å². The Morgan fingerprint density at radius 2 is 1.96 bits per heavy atom. The van der Waals surface area contributed by atoms with Crippen molar-refractivity contribution in [1.82, 2.24) is 15.2 Å². The number of hydrogen-bond donors (Lipinski definition) is 2. The maximum atomic E-state index is 10.7. The maximum absolute atomic E-state index is 10.7. The molecule has 4 aromatic rings. The van der Waals surface area contributed by atoms with E-state index >= 15 is 0 Å². The van der Waals surface area contributed by atoms with Gasteiger partial charge in [0, 0.05) is 22.7 Å². The number of H-pyrrole nitrogens is 1. The van der Waals surface area contributed by atoms with E-state index in [1.165, 1.54) is 0 Å². The van der Waals surface area contributed by atoms with Crippen LogP contribution in [-0.2, 0) is 6.61 Å². The molecule has 0 fully saturated rings. The van der Waals surface area contributed by atoms with Crippen molar-refractivity contribution >= 4 is 11.3 Å². The molecule has 0 atom stereocenters. The zero-order valence-corrected chi connectivity index (χ0v) is 15.9. The monoisotopic (exact) mass is 377 g/mol. The van der Waals surface area contributed by atoms with Crippen LogP contribution in [0, 0.1) is 13.8 Å². The first kappa shape index (κ1) is 17.3. The zero-order chi connectivity index (χ0) is 18.8. The van der Waals surface area contributed by atoms with Gasteiger partial charge in [0.1, 0.15) is 23.1 Å². The molecule has 0 spiro atoms. The second kappa shape index (κ2) is 7.25. The first-order chi connectivity index (χ1) is 13.1. The molecule has 2 heterocycles. The summed E-state index contributed by atoms with van der Waals surface area (Å²) in [6.45, 7) is 4.36. The summed E-state index contributed by atoms with van der Waals surface area (Å²) in [4.78, 5) is 4.53. The summed E-state index contributed by atoms with van der Waals surface area (Å²) < 4.78 is 5.85. The summed E-state index contributed by atoms with van der Waals surface area (Å²) in [6.07, 6.45) is 1.74. The number of aromatic amines is 1. The molecular formula is C21H19N3O2S. The molecule has 2 N–H and O–H groups in total. The molecule has 2 aromatic heterocycles. The topological polar surface area (TPSA) is 71.0 Å². The molecule has 5 nitrogen and oxygen atoms in total. The zero-order valence-electron chi connectivity index (χ0n) is 15.1. The lowest BCUT2D eigenvalue weighted by molar-refractivity contribution is 0.304. The number of nitrogens with zero attached hydrogens (tertiary/aromatic N) is 2. The fourth-order valence-electron chi connectivity index (χ4n) is 3.00. The van der Waals surface area contributed by atoms with Crippen LogP contribution < -0.4 is 4.74 Å². The summed E-state index contributed by atoms with van der Waals surface area (Å²) in [7, 11) is 0. The van der Waals surface area contributed by atoms with Gasteiger partial charge in [-0.2, -0.15) is 5.10 Å². The van der Waals surface area contributed by atoms with Gasteiger partial charge >= 0.3 is 0 Å². The van der Waals surface area contributed by atoms with E-state index in [1.54, 1.807) is 23.6 Å². The highest BCUT2D eigenvalue weighted by Gasteiger charge is 2.18. The SMILES string of the molecule is Cc1csc(-c2cn[nH]c2-c2c(C)cc(OCc3ccccc3)cc2O)n1. The van der Waals surface area contributed by atoms with Gasteiger partial charge in [-0.05, 0) is 31.0 Å². The van der Waals surface area contributed by atoms with Crippen molar-refractivity contribution in [2.75, 3.05) is 0 Å². The minimum atomic E-state index is 0.150. The van der Waals surface area contributed by atoms with Crippen molar-refractivity contribution in [2.24, 2.45) is 0 Å². The second-order valence-electron chi connectivity index (χ2n) is 6.36. The van der Waals surface area contributed by atoms with Crippen LogP contribution in [0.3, 0.4) is 0 Å². The van der Waals surface area contributed by atoms with Gasteiger partial charge in [-0.25, -0.2) is 4.98 Å². The van der Waals surface area contributed by atoms with Gasteiger partial charge in [0.15, 0.2) is 0 Å². The Labute approximate surface area is 161 Å². The lowest BCUT2D eigenvalue weighted by Gasteiger charge is -2.12. The Kier molecular flexibility index (Phi) is 4.64. The highest BCUT2D eigenvalue weighted by Crippen LogP contribution is 2.40. The van der Waals surface area contributed by atoms with Crippen molar-refractivity contribution in [3.63, 3.8) is 0 Å². The average Bonchev–Trinajstić information content (AvgIpc) is 3.29. The van der Waals surface area contributed by atoms with Gasteiger partial charge in [-0.15, -0.1) is 11.3 Å². The molecule has 0 saturated heterocycles. The summed E-state index contributed by atoms with van der Waals surface area (Å²) in [5.74, 6) is 0.778. The molecule has 0 aliphatic carbocycles. The number of ether oxygens (including phenoxy) is 1. The summed E-state index contributed by atoms with van der Waals surface area (Å²) in [6, 6.07) is 13.5. The first-order valence-corrected chi connectivity index (χ1v) is 9.46. The lowest BCUT2D eigenvalue weighted by atomic mass is 10.0. The average molecular weight is 377 g/mol. The van der Waals surface area contributed by atoms with Crippen molar-refractivity contribution in [3.8, 4) is 33.3 Å². The van der Waals surface area contributed by atoms with Crippen molar-refractivity contribution in [2.45, 2.75) is 20.5 Å². The van der Waals surface area contributed by atoms with Gasteiger partial charge in [-0.3, -0.25) is 5.10 Å². The smallest absolute Gasteiger partial charge is 0.128 e. The van der Waals surface area contributed by atoms with Gasteiger partial charge in [0.05, 0.1) is 17.5 Å². The number of nitrogens with one attached hydrogen (secondary N) is 1. The summed E-state index contributed by atoms with van der Waals surface area (Å²) in [5, 5.41) is 20.7. The molecule has 0 amide bonds. The number of hydrogen-bond acceptors (Lipinski definition) is 5. The van der Waals surface area contributed by atoms with Crippen molar-refractivity contribution in [3.05, 3.63) is 70.9 Å². The van der Waals surface area contributed by atoms with Crippen LogP contribution in [0.2, 0.25) is 0 Å². The first-order valence-electron chi connectivity index (χ1n) is 8.58. The molecule has 0 aliphatic heterocycles. The third-order valence-electron chi connectivity index (χ3n) is 4.28. The number of phenolic OH excluding ortho intramolecular Hbond substituents is 1. The predicted molar refractivity (Wildman–Crippen MR) is 107 cm³/mol. The van der Waals surface area contributed by atoms with E-state index < -0.39 is 0 Å². The Morgan fingerprint density at radius 1 is 1.15 bits per heavy atom. The van der Waals surface area contributed by atoms with Gasteiger partial charge in [0.2, 0.25) is 0 Å². The Morgan fingerprint density at radius 3 is 2.67 bits per heavy atom. The Balaban J connectivity index is 1.64. The normalized spacial score (nSPS) is 10.9. The highest BCUT2D eigenvalue weighted by atomic mass is 32.1. The standard InChI is InChI=1S/C21H19N3O2S/c1-13-8-16(26-11-15-6-4-3-5-7-15)9-18(25)19(13)20-17(10-22-24-20)21-23-14(2)12-27-21/h3-10,12,25H,11H2,1-2H3,(H,22,24). The van der Waals surface area contributed by atoms with E-state index in [1.807, 2.05) is 55.6 Å². The number of phenols is 1. The Hall–Kier alpha value is -3.12. The molecule has 2 aromatic carbocycles. The van der Waals surface area contributed by atoms with E-state index in [9.17, 15) is 5.11 Å². The molecule has 4 rings (SSSR count). The molecule has 0 aliphatic rings. The minimum absolute atomic E-state index is 0.150. The van der Waals surface area contributed by atoms with Crippen LogP contribution in [0.15, 0.2) is 54.0 Å². The number of rotatable bonds is 5. The molecule has 0 bridgehead atoms. The molecule has 27 heavy (non-hydrogen) atoms. The van der Waals surface area contributed by atoms with Crippen LogP contribution >= 0.6 is 11.3 Å². The number of thiazole rings is 1. The number of aryl methyl sites for hydroxylation is 2. The van der Waals surface area contributed by atoms with Crippen LogP contribution in [0.1, 0.15) is 16.8 Å². The van der Waals surface area contributed by atoms with Crippen LogP contribution in [0.5, 0.6) is 11.5 Å². The summed E-state index contributed by atoms with van der Waals surface area (Å²) in [5.41, 5.74) is 5.29. The van der Waals surface area contributed by atoms with E-state index in [2.05, 4.69) is 15.2 Å². The van der Waals surface area contributed by atoms with Gasteiger partial charge < -0.3 is 9.84 Å². The van der Waals surface area contributed by atoms with Crippen molar-refractivity contribution < 1.29 is 9.84 Å². The fourth-order valence-corrected chi connectivity index (χ4v) is 3.82. The predicted octanol–water partition coefficient (Wildman–Crippen LogP) is 5.10. The molecular weight excluding hydrogens is 358 g/mol. The Bertz CT molecular complexity index is 1050. The minimum Gasteiger partial charge on any atom is -0.507 e. The number of benzene rings is 2. The third kappa shape index (κ3) is 3.57.